The van der Waals surface area contributed by atoms with Gasteiger partial charge < -0.3 is 29.6 Å². The Kier molecular flexibility index (Phi) is 18.4. The Labute approximate surface area is 287 Å². The number of rotatable bonds is 11. The van der Waals surface area contributed by atoms with E-state index in [0.717, 1.165) is 76.1 Å². The molecule has 15 heteroatoms. The van der Waals surface area contributed by atoms with Crippen molar-refractivity contribution < 1.29 is 28.5 Å². The molecule has 0 saturated carbocycles. The lowest BCUT2D eigenvalue weighted by Crippen LogP contribution is -2.21. The second-order valence-corrected chi connectivity index (χ2v) is 12.1. The summed E-state index contributed by atoms with van der Waals surface area (Å²) in [5, 5.41) is 8.34. The minimum Gasteiger partial charge on any atom is -0.463 e. The highest BCUT2D eigenvalue weighted by molar-refractivity contribution is 14.1. The monoisotopic (exact) mass is 774 g/mol. The van der Waals surface area contributed by atoms with Crippen LogP contribution in [0.2, 0.25) is 0 Å². The quantitative estimate of drug-likeness (QED) is 0.0997. The Morgan fingerprint density at radius 2 is 1.40 bits per heavy atom. The fourth-order valence-electron chi connectivity index (χ4n) is 3.90. The predicted molar refractivity (Wildman–Crippen MR) is 188 cm³/mol. The van der Waals surface area contributed by atoms with Crippen LogP contribution in [0.1, 0.15) is 43.6 Å². The van der Waals surface area contributed by atoms with Gasteiger partial charge in [0.15, 0.2) is 10.3 Å². The number of aryl methyl sites for hydroxylation is 2. The van der Waals surface area contributed by atoms with Gasteiger partial charge in [-0.25, -0.2) is 29.5 Å². The maximum absolute atomic E-state index is 11.5. The number of carbonyl (C=O) groups is 2. The van der Waals surface area contributed by atoms with Crippen molar-refractivity contribution in [3.63, 3.8) is 0 Å². The standard InChI is InChI=1S/C15H21N3O3S.C10H14IN3OS.C5H8O2/c1-4-21-13(19)6-5-12-10(2)16-15(22-3)18-14(12)17-11-7-8-20-9-11;1-6-8(11)9(14-10(12-6)16-2)13-7-3-4-15-5-7;1-3-5(6)7-4-2/h5-6,11H,4,7-9H2,1-3H3,(H,16,17,18);7H,3-5H2,1-2H3,(H,12,13,14);3H,1,4H2,2H3/b6-5+;;. The van der Waals surface area contributed by atoms with Crippen molar-refractivity contribution in [2.75, 3.05) is 62.8 Å². The molecule has 2 unspecified atom stereocenters. The maximum Gasteiger partial charge on any atom is 0.330 e. The molecule has 2 atom stereocenters. The summed E-state index contributed by atoms with van der Waals surface area (Å²) in [6.45, 7) is 14.5. The molecular formula is C30H43IN6O6S2. The van der Waals surface area contributed by atoms with Crippen LogP contribution in [0.4, 0.5) is 11.6 Å². The number of nitrogens with one attached hydrogen (secondary N) is 2. The van der Waals surface area contributed by atoms with Crippen molar-refractivity contribution in [3.8, 4) is 0 Å². The third-order valence-electron chi connectivity index (χ3n) is 6.14. The van der Waals surface area contributed by atoms with Crippen LogP contribution >= 0.6 is 46.1 Å². The summed E-state index contributed by atoms with van der Waals surface area (Å²) < 4.78 is 21.2. The van der Waals surface area contributed by atoms with E-state index in [2.05, 4.69) is 64.5 Å². The van der Waals surface area contributed by atoms with Crippen molar-refractivity contribution in [2.45, 2.75) is 62.9 Å². The van der Waals surface area contributed by atoms with E-state index in [-0.39, 0.29) is 18.0 Å². The number of hydrogen-bond donors (Lipinski definition) is 2. The number of nitrogens with zero attached hydrogens (tertiary/aromatic N) is 4. The number of thioether (sulfide) groups is 2. The van der Waals surface area contributed by atoms with Gasteiger partial charge >= 0.3 is 11.9 Å². The molecule has 2 aliphatic rings. The van der Waals surface area contributed by atoms with Gasteiger partial charge in [0.2, 0.25) is 0 Å². The van der Waals surface area contributed by atoms with Gasteiger partial charge in [-0.2, -0.15) is 0 Å². The third kappa shape index (κ3) is 13.8. The molecule has 0 spiro atoms. The average molecular weight is 775 g/mol. The molecule has 2 aliphatic heterocycles. The van der Waals surface area contributed by atoms with E-state index >= 15 is 0 Å². The molecule has 2 aromatic rings. The minimum absolute atomic E-state index is 0.235. The van der Waals surface area contributed by atoms with Gasteiger partial charge in [-0.1, -0.05) is 30.1 Å². The van der Waals surface area contributed by atoms with E-state index in [9.17, 15) is 9.59 Å². The molecule has 2 fully saturated rings. The highest BCUT2D eigenvalue weighted by Gasteiger charge is 2.20. The van der Waals surface area contributed by atoms with Crippen LogP contribution in [0.3, 0.4) is 0 Å². The molecule has 45 heavy (non-hydrogen) atoms. The number of esters is 2. The molecule has 2 N–H and O–H groups in total. The lowest BCUT2D eigenvalue weighted by Gasteiger charge is -2.15. The number of ether oxygens (including phenoxy) is 4. The number of anilines is 2. The first-order chi connectivity index (χ1) is 21.6. The number of halogens is 1. The second kappa shape index (κ2) is 21.3. The van der Waals surface area contributed by atoms with Crippen molar-refractivity contribution in [1.82, 2.24) is 19.9 Å². The molecule has 0 bridgehead atoms. The highest BCUT2D eigenvalue weighted by atomic mass is 127. The van der Waals surface area contributed by atoms with Gasteiger partial charge in [-0.3, -0.25) is 0 Å². The largest absolute Gasteiger partial charge is 0.463 e. The predicted octanol–water partition coefficient (Wildman–Crippen LogP) is 5.33. The van der Waals surface area contributed by atoms with E-state index in [1.165, 1.54) is 17.8 Å². The molecule has 12 nitrogen and oxygen atoms in total. The molecule has 0 radical (unpaired) electrons. The van der Waals surface area contributed by atoms with Crippen molar-refractivity contribution >= 4 is 75.8 Å². The Morgan fingerprint density at radius 1 is 0.889 bits per heavy atom. The first-order valence-electron chi connectivity index (χ1n) is 14.5. The first kappa shape index (κ1) is 38.7. The van der Waals surface area contributed by atoms with Crippen LogP contribution in [0, 0.1) is 17.4 Å². The van der Waals surface area contributed by atoms with Gasteiger partial charge in [0.1, 0.15) is 11.6 Å². The van der Waals surface area contributed by atoms with Crippen LogP contribution in [0.5, 0.6) is 0 Å². The summed E-state index contributed by atoms with van der Waals surface area (Å²) in [4.78, 5) is 39.4. The van der Waals surface area contributed by atoms with Gasteiger partial charge in [0.25, 0.3) is 0 Å². The zero-order chi connectivity index (χ0) is 33.2. The molecular weight excluding hydrogens is 731 g/mol. The molecule has 4 rings (SSSR count). The lowest BCUT2D eigenvalue weighted by molar-refractivity contribution is -0.138. The van der Waals surface area contributed by atoms with Crippen LogP contribution in [-0.2, 0) is 28.5 Å². The van der Waals surface area contributed by atoms with Crippen molar-refractivity contribution in [3.05, 3.63) is 39.3 Å². The minimum atomic E-state index is -0.369. The fourth-order valence-corrected chi connectivity index (χ4v) is 5.12. The van der Waals surface area contributed by atoms with E-state index in [1.807, 2.05) is 26.4 Å². The van der Waals surface area contributed by atoms with Gasteiger partial charge in [-0.05, 0) is 81.7 Å². The Hall–Kier alpha value is -2.47. The Morgan fingerprint density at radius 3 is 1.87 bits per heavy atom. The zero-order valence-corrected chi connectivity index (χ0v) is 30.5. The number of hydrogen-bond acceptors (Lipinski definition) is 14. The van der Waals surface area contributed by atoms with Gasteiger partial charge in [-0.15, -0.1) is 0 Å². The fraction of sp³-hybridized carbons (Fsp3) is 0.533. The molecule has 0 aromatic carbocycles. The van der Waals surface area contributed by atoms with Crippen LogP contribution in [0.25, 0.3) is 6.08 Å². The highest BCUT2D eigenvalue weighted by Crippen LogP contribution is 2.25. The van der Waals surface area contributed by atoms with Crippen molar-refractivity contribution in [1.29, 1.82) is 0 Å². The lowest BCUT2D eigenvalue weighted by atomic mass is 10.2. The van der Waals surface area contributed by atoms with E-state index in [0.29, 0.717) is 31.0 Å². The first-order valence-corrected chi connectivity index (χ1v) is 18.0. The summed E-state index contributed by atoms with van der Waals surface area (Å²) in [6, 6.07) is 0.622. The molecule has 2 saturated heterocycles. The van der Waals surface area contributed by atoms with Crippen LogP contribution in [0.15, 0.2) is 29.0 Å². The van der Waals surface area contributed by atoms with Crippen LogP contribution in [-0.4, -0.2) is 96.1 Å². The molecule has 2 aromatic heterocycles. The number of carbonyl (C=O) groups excluding carboxylic acids is 2. The normalized spacial score (nSPS) is 17.0. The molecule has 4 heterocycles. The van der Waals surface area contributed by atoms with Crippen molar-refractivity contribution in [2.24, 2.45) is 0 Å². The third-order valence-corrected chi connectivity index (χ3v) is 8.53. The maximum atomic E-state index is 11.5. The topological polar surface area (TPSA) is 147 Å². The summed E-state index contributed by atoms with van der Waals surface area (Å²) in [6.07, 6.45) is 10.2. The van der Waals surface area contributed by atoms with Gasteiger partial charge in [0, 0.05) is 30.9 Å². The number of aromatic nitrogens is 4. The van der Waals surface area contributed by atoms with Crippen LogP contribution < -0.4 is 10.6 Å². The summed E-state index contributed by atoms with van der Waals surface area (Å²) in [5.74, 6) is 0.939. The summed E-state index contributed by atoms with van der Waals surface area (Å²) >= 11 is 5.34. The zero-order valence-electron chi connectivity index (χ0n) is 26.7. The Balaban J connectivity index is 0.000000267. The molecule has 0 amide bonds. The summed E-state index contributed by atoms with van der Waals surface area (Å²) in [7, 11) is 0. The van der Waals surface area contributed by atoms with Gasteiger partial charge in [0.05, 0.1) is 53.5 Å². The smallest absolute Gasteiger partial charge is 0.330 e. The van der Waals surface area contributed by atoms with E-state index < -0.39 is 0 Å². The Bertz CT molecular complexity index is 1290. The second-order valence-electron chi connectivity index (χ2n) is 9.47. The van der Waals surface area contributed by atoms with E-state index in [1.54, 1.807) is 31.7 Å². The summed E-state index contributed by atoms with van der Waals surface area (Å²) in [5.41, 5.74) is 2.65. The average Bonchev–Trinajstić information content (AvgIpc) is 3.74. The molecule has 248 valence electrons. The SMILES string of the molecule is C=CC(=O)OCC.CCOC(=O)/C=C/c1c(C)nc(SC)nc1NC1CCOC1.CSc1nc(C)c(I)c(NC2CCOC2)n1. The molecule has 0 aliphatic carbocycles. The van der Waals surface area contributed by atoms with E-state index in [4.69, 9.17) is 14.2 Å².